The van der Waals surface area contributed by atoms with Crippen LogP contribution in [0.25, 0.3) is 0 Å². The molecule has 0 saturated heterocycles. The number of hydrogen-bond donors (Lipinski definition) is 0. The molecule has 0 radical (unpaired) electrons. The van der Waals surface area contributed by atoms with E-state index in [0.29, 0.717) is 4.31 Å². The molecule has 3 rings (SSSR count). The number of benzene rings is 3. The second-order valence-electron chi connectivity index (χ2n) is 5.98. The van der Waals surface area contributed by atoms with Gasteiger partial charge in [-0.1, -0.05) is 36.4 Å². The fourth-order valence-corrected chi connectivity index (χ4v) is 4.17. The lowest BCUT2D eigenvalue weighted by atomic mass is 10.1. The molecule has 0 atom stereocenters. The third-order valence-corrected chi connectivity index (χ3v) is 5.82. The smallest absolute Gasteiger partial charge is 0.268 e. The average Bonchev–Trinajstić information content (AvgIpc) is 2.69. The molecule has 7 nitrogen and oxygen atoms in total. The van der Waals surface area contributed by atoms with Gasteiger partial charge in [0.25, 0.3) is 21.6 Å². The maximum absolute atomic E-state index is 13.2. The molecule has 142 valence electrons. The van der Waals surface area contributed by atoms with Crippen LogP contribution in [0.4, 0.5) is 11.4 Å². The van der Waals surface area contributed by atoms with Crippen molar-refractivity contribution in [3.05, 3.63) is 100 Å². The Hall–Kier alpha value is -3.52. The van der Waals surface area contributed by atoms with Gasteiger partial charge in [0.1, 0.15) is 0 Å². The minimum absolute atomic E-state index is 0.0338. The van der Waals surface area contributed by atoms with E-state index in [4.69, 9.17) is 0 Å². The van der Waals surface area contributed by atoms with Crippen LogP contribution in [0.3, 0.4) is 0 Å². The molecule has 28 heavy (non-hydrogen) atoms. The van der Waals surface area contributed by atoms with Gasteiger partial charge in [-0.2, -0.15) is 4.31 Å². The van der Waals surface area contributed by atoms with E-state index in [-0.39, 0.29) is 27.4 Å². The molecule has 0 aliphatic heterocycles. The Kier molecular flexibility index (Phi) is 5.23. The molecule has 0 aliphatic carbocycles. The summed E-state index contributed by atoms with van der Waals surface area (Å²) >= 11 is 0. The van der Waals surface area contributed by atoms with E-state index in [1.165, 1.54) is 49.4 Å². The quantitative estimate of drug-likeness (QED) is 0.481. The van der Waals surface area contributed by atoms with Crippen molar-refractivity contribution in [1.29, 1.82) is 0 Å². The summed E-state index contributed by atoms with van der Waals surface area (Å²) in [7, 11) is -4.19. The average molecular weight is 396 g/mol. The number of nitrogens with zero attached hydrogens (tertiary/aromatic N) is 2. The summed E-state index contributed by atoms with van der Waals surface area (Å²) in [4.78, 5) is 23.6. The SMILES string of the molecule is Cc1cc(C(=O)N(c2ccccc2)S(=O)(=O)c2ccccc2)ccc1[N+](=O)[O-]. The van der Waals surface area contributed by atoms with Crippen molar-refractivity contribution >= 4 is 27.3 Å². The van der Waals surface area contributed by atoms with Gasteiger partial charge in [-0.3, -0.25) is 14.9 Å². The minimum Gasteiger partial charge on any atom is -0.268 e. The van der Waals surface area contributed by atoms with Gasteiger partial charge in [-0.05, 0) is 43.3 Å². The number of anilines is 1. The molecule has 3 aromatic carbocycles. The number of aryl methyl sites for hydroxylation is 1. The molecular weight excluding hydrogens is 380 g/mol. The Balaban J connectivity index is 2.14. The van der Waals surface area contributed by atoms with Gasteiger partial charge in [0.05, 0.1) is 15.5 Å². The van der Waals surface area contributed by atoms with Crippen LogP contribution >= 0.6 is 0 Å². The molecule has 0 bridgehead atoms. The zero-order valence-electron chi connectivity index (χ0n) is 14.8. The first-order valence-corrected chi connectivity index (χ1v) is 9.71. The van der Waals surface area contributed by atoms with Crippen molar-refractivity contribution in [2.75, 3.05) is 4.31 Å². The zero-order valence-corrected chi connectivity index (χ0v) is 15.7. The Bertz CT molecular complexity index is 1130. The molecular formula is C20H16N2O5S. The molecule has 0 saturated carbocycles. The van der Waals surface area contributed by atoms with E-state index in [2.05, 4.69) is 0 Å². The topological polar surface area (TPSA) is 97.6 Å². The normalized spacial score (nSPS) is 11.0. The molecule has 0 unspecified atom stereocenters. The number of rotatable bonds is 5. The third kappa shape index (κ3) is 3.63. The maximum atomic E-state index is 13.2. The largest absolute Gasteiger partial charge is 0.272 e. The first-order valence-electron chi connectivity index (χ1n) is 8.27. The summed E-state index contributed by atoms with van der Waals surface area (Å²) in [6.45, 7) is 1.49. The number of nitro benzene ring substituents is 1. The first kappa shape index (κ1) is 19.2. The fraction of sp³-hybridized carbons (Fsp3) is 0.0500. The van der Waals surface area contributed by atoms with Gasteiger partial charge >= 0.3 is 0 Å². The van der Waals surface area contributed by atoms with Gasteiger partial charge in [-0.15, -0.1) is 0 Å². The highest BCUT2D eigenvalue weighted by atomic mass is 32.2. The van der Waals surface area contributed by atoms with Crippen LogP contribution in [0.2, 0.25) is 0 Å². The highest BCUT2D eigenvalue weighted by Gasteiger charge is 2.32. The monoisotopic (exact) mass is 396 g/mol. The van der Waals surface area contributed by atoms with Crippen molar-refractivity contribution in [3.8, 4) is 0 Å². The van der Waals surface area contributed by atoms with Crippen LogP contribution < -0.4 is 4.31 Å². The molecule has 8 heteroatoms. The number of amides is 1. The zero-order chi connectivity index (χ0) is 20.3. The van der Waals surface area contributed by atoms with E-state index < -0.39 is 20.9 Å². The molecule has 0 N–H and O–H groups in total. The lowest BCUT2D eigenvalue weighted by Crippen LogP contribution is -2.37. The van der Waals surface area contributed by atoms with Gasteiger partial charge in [0.2, 0.25) is 0 Å². The van der Waals surface area contributed by atoms with Gasteiger partial charge in [0, 0.05) is 17.2 Å². The van der Waals surface area contributed by atoms with Crippen LogP contribution in [-0.4, -0.2) is 19.2 Å². The number of sulfonamides is 1. The van der Waals surface area contributed by atoms with Crippen molar-refractivity contribution in [3.63, 3.8) is 0 Å². The van der Waals surface area contributed by atoms with Crippen LogP contribution in [0.1, 0.15) is 15.9 Å². The van der Waals surface area contributed by atoms with Gasteiger partial charge < -0.3 is 0 Å². The molecule has 3 aromatic rings. The Morgan fingerprint density at radius 1 is 0.929 bits per heavy atom. The highest BCUT2D eigenvalue weighted by Crippen LogP contribution is 2.27. The molecule has 0 fully saturated rings. The Morgan fingerprint density at radius 3 is 2.04 bits per heavy atom. The Morgan fingerprint density at radius 2 is 1.50 bits per heavy atom. The molecule has 0 aliphatic rings. The number of carbonyl (C=O) groups is 1. The van der Waals surface area contributed by atoms with Gasteiger partial charge in [-0.25, -0.2) is 8.42 Å². The number of hydrogen-bond acceptors (Lipinski definition) is 5. The highest BCUT2D eigenvalue weighted by molar-refractivity contribution is 7.93. The third-order valence-electron chi connectivity index (χ3n) is 4.10. The van der Waals surface area contributed by atoms with E-state index >= 15 is 0 Å². The summed E-state index contributed by atoms with van der Waals surface area (Å²) < 4.78 is 27.1. The Labute approximate surface area is 162 Å². The van der Waals surface area contributed by atoms with Crippen molar-refractivity contribution in [2.24, 2.45) is 0 Å². The van der Waals surface area contributed by atoms with Crippen molar-refractivity contribution in [2.45, 2.75) is 11.8 Å². The number of carbonyl (C=O) groups excluding carboxylic acids is 1. The molecule has 0 spiro atoms. The summed E-state index contributed by atoms with van der Waals surface area (Å²) in [5.41, 5.74) is 0.327. The maximum Gasteiger partial charge on any atom is 0.272 e. The minimum atomic E-state index is -4.19. The predicted octanol–water partition coefficient (Wildman–Crippen LogP) is 3.94. The second kappa shape index (κ2) is 7.61. The van der Waals surface area contributed by atoms with Crippen LogP contribution in [-0.2, 0) is 10.0 Å². The second-order valence-corrected chi connectivity index (χ2v) is 7.77. The van der Waals surface area contributed by atoms with Crippen molar-refractivity contribution in [1.82, 2.24) is 0 Å². The lowest BCUT2D eigenvalue weighted by molar-refractivity contribution is -0.385. The van der Waals surface area contributed by atoms with E-state index in [1.807, 2.05) is 0 Å². The molecule has 0 aromatic heterocycles. The van der Waals surface area contributed by atoms with Gasteiger partial charge in [0.15, 0.2) is 0 Å². The fourth-order valence-electron chi connectivity index (χ4n) is 2.74. The van der Waals surface area contributed by atoms with Crippen LogP contribution in [0.15, 0.2) is 83.8 Å². The van der Waals surface area contributed by atoms with E-state index in [1.54, 1.807) is 36.4 Å². The van der Waals surface area contributed by atoms with Crippen LogP contribution in [0.5, 0.6) is 0 Å². The number of para-hydroxylation sites is 1. The predicted molar refractivity (Wildman–Crippen MR) is 105 cm³/mol. The molecule has 1 amide bonds. The van der Waals surface area contributed by atoms with E-state index in [0.717, 1.165) is 0 Å². The van der Waals surface area contributed by atoms with Crippen molar-refractivity contribution < 1.29 is 18.1 Å². The number of nitro groups is 1. The van der Waals surface area contributed by atoms with Crippen LogP contribution in [0, 0.1) is 17.0 Å². The van der Waals surface area contributed by atoms with E-state index in [9.17, 15) is 23.3 Å². The summed E-state index contributed by atoms with van der Waals surface area (Å²) in [6, 6.07) is 19.3. The summed E-state index contributed by atoms with van der Waals surface area (Å²) in [5.74, 6) is -0.798. The lowest BCUT2D eigenvalue weighted by Gasteiger charge is -2.23. The summed E-state index contributed by atoms with van der Waals surface area (Å²) in [6.07, 6.45) is 0. The first-order chi connectivity index (χ1) is 13.3. The molecule has 0 heterocycles. The summed E-state index contributed by atoms with van der Waals surface area (Å²) in [5, 5.41) is 11.0. The standard InChI is InChI=1S/C20H16N2O5S/c1-15-14-16(12-13-19(15)22(24)25)20(23)21(17-8-4-2-5-9-17)28(26,27)18-10-6-3-7-11-18/h2-14H,1H3.